The minimum Gasteiger partial charge on any atom is -0.472 e. The molecule has 2 aliphatic heterocycles. The van der Waals surface area contributed by atoms with Gasteiger partial charge < -0.3 is 25.1 Å². The van der Waals surface area contributed by atoms with Crippen LogP contribution in [-0.2, 0) is 27.2 Å². The number of aliphatic hydroxyl groups is 1. The third-order valence-corrected chi connectivity index (χ3v) is 5.37. The molecule has 1 atom stereocenters. The van der Waals surface area contributed by atoms with Crippen LogP contribution in [0.4, 0.5) is 11.4 Å². The summed E-state index contributed by atoms with van der Waals surface area (Å²) in [5, 5.41) is 15.1. The van der Waals surface area contributed by atoms with E-state index in [9.17, 15) is 19.5 Å². The van der Waals surface area contributed by atoms with E-state index in [0.29, 0.717) is 24.1 Å². The quantitative estimate of drug-likeness (QED) is 0.665. The summed E-state index contributed by atoms with van der Waals surface area (Å²) in [6.07, 6.45) is 5.23. The Morgan fingerprint density at radius 1 is 1.17 bits per heavy atom. The van der Waals surface area contributed by atoms with Crippen LogP contribution in [-0.4, -0.2) is 35.9 Å². The topological polar surface area (TPSA) is 112 Å². The van der Waals surface area contributed by atoms with Crippen LogP contribution >= 0.6 is 0 Å². The van der Waals surface area contributed by atoms with E-state index in [0.717, 1.165) is 36.2 Å². The average Bonchev–Trinajstić information content (AvgIpc) is 3.25. The Bertz CT molecular complexity index is 921. The summed E-state index contributed by atoms with van der Waals surface area (Å²) in [5.74, 6) is -1.37. The molecule has 0 unspecified atom stereocenters. The van der Waals surface area contributed by atoms with Crippen LogP contribution in [0.25, 0.3) is 0 Å². The van der Waals surface area contributed by atoms with E-state index >= 15 is 0 Å². The van der Waals surface area contributed by atoms with E-state index in [1.54, 1.807) is 6.07 Å². The van der Waals surface area contributed by atoms with Crippen molar-refractivity contribution in [1.29, 1.82) is 0 Å². The van der Waals surface area contributed by atoms with Gasteiger partial charge in [0, 0.05) is 30.8 Å². The van der Waals surface area contributed by atoms with Gasteiger partial charge in [-0.25, -0.2) is 0 Å². The van der Waals surface area contributed by atoms with Crippen LogP contribution in [0, 0.1) is 0 Å². The number of carbonyl (C=O) groups excluding carboxylic acids is 3. The maximum Gasteiger partial charge on any atom is 0.313 e. The lowest BCUT2D eigenvalue weighted by Crippen LogP contribution is -2.39. The lowest BCUT2D eigenvalue weighted by atomic mass is 9.91. The lowest BCUT2D eigenvalue weighted by molar-refractivity contribution is -0.136. The number of aliphatic hydroxyl groups excluding tert-OH is 1. The Labute approximate surface area is 167 Å². The third-order valence-electron chi connectivity index (χ3n) is 5.37. The normalized spacial score (nSPS) is 16.2. The molecular weight excluding hydrogens is 374 g/mol. The molecule has 4 rings (SSSR count). The highest BCUT2D eigenvalue weighted by atomic mass is 16.3. The molecule has 152 valence electrons. The van der Waals surface area contributed by atoms with Crippen LogP contribution in [0.5, 0.6) is 0 Å². The van der Waals surface area contributed by atoms with Crippen molar-refractivity contribution in [2.24, 2.45) is 0 Å². The number of nitrogens with zero attached hydrogens (tertiary/aromatic N) is 1. The number of carbonyl (C=O) groups is 3. The predicted molar refractivity (Wildman–Crippen MR) is 105 cm³/mol. The van der Waals surface area contributed by atoms with Crippen molar-refractivity contribution < 1.29 is 23.9 Å². The summed E-state index contributed by atoms with van der Waals surface area (Å²) in [4.78, 5) is 38.3. The van der Waals surface area contributed by atoms with Gasteiger partial charge in [0.25, 0.3) is 0 Å². The number of hydrogen-bond donors (Lipinski definition) is 3. The van der Waals surface area contributed by atoms with Crippen molar-refractivity contribution in [2.75, 3.05) is 23.3 Å². The van der Waals surface area contributed by atoms with Crippen LogP contribution in [0.3, 0.4) is 0 Å². The van der Waals surface area contributed by atoms with Gasteiger partial charge in [0.05, 0.1) is 24.3 Å². The van der Waals surface area contributed by atoms with Gasteiger partial charge in [-0.05, 0) is 55.0 Å². The lowest BCUT2D eigenvalue weighted by Gasteiger charge is -2.35. The predicted octanol–water partition coefficient (Wildman–Crippen LogP) is 1.68. The Balaban J connectivity index is 1.36. The highest BCUT2D eigenvalue weighted by Crippen LogP contribution is 2.37. The molecule has 8 nitrogen and oxygen atoms in total. The number of hydrogen-bond acceptors (Lipinski definition) is 5. The molecule has 8 heteroatoms. The molecule has 1 aromatic heterocycles. The molecule has 2 aliphatic rings. The van der Waals surface area contributed by atoms with Crippen LogP contribution in [0.1, 0.15) is 42.1 Å². The molecular formula is C21H23N3O5. The van der Waals surface area contributed by atoms with Crippen LogP contribution in [0.15, 0.2) is 35.1 Å². The monoisotopic (exact) mass is 397 g/mol. The van der Waals surface area contributed by atoms with Gasteiger partial charge in [-0.2, -0.15) is 0 Å². The van der Waals surface area contributed by atoms with Gasteiger partial charge in [0.15, 0.2) is 0 Å². The zero-order valence-corrected chi connectivity index (χ0v) is 15.9. The summed E-state index contributed by atoms with van der Waals surface area (Å²) in [6, 6.07) is 5.34. The number of furan rings is 1. The first-order valence-electron chi connectivity index (χ1n) is 9.78. The van der Waals surface area contributed by atoms with E-state index < -0.39 is 17.9 Å². The summed E-state index contributed by atoms with van der Waals surface area (Å²) < 4.78 is 4.91. The van der Waals surface area contributed by atoms with E-state index in [1.165, 1.54) is 12.5 Å². The fourth-order valence-corrected chi connectivity index (χ4v) is 3.95. The zero-order valence-electron chi connectivity index (χ0n) is 15.9. The van der Waals surface area contributed by atoms with Gasteiger partial charge in [-0.15, -0.1) is 0 Å². The van der Waals surface area contributed by atoms with E-state index in [2.05, 4.69) is 10.6 Å². The van der Waals surface area contributed by atoms with Crippen molar-refractivity contribution in [3.8, 4) is 0 Å². The van der Waals surface area contributed by atoms with Crippen molar-refractivity contribution in [3.63, 3.8) is 0 Å². The van der Waals surface area contributed by atoms with Gasteiger partial charge >= 0.3 is 11.8 Å². The SMILES string of the molecule is O=C(NCC[C@H](O)c1ccoc1)C(=O)Nc1cc2c3c(c1)CCC(=O)N3CCC2. The summed E-state index contributed by atoms with van der Waals surface area (Å²) in [7, 11) is 0. The molecule has 3 N–H and O–H groups in total. The number of nitrogens with one attached hydrogen (secondary N) is 2. The Kier molecular flexibility index (Phi) is 5.35. The van der Waals surface area contributed by atoms with Gasteiger partial charge in [0.2, 0.25) is 5.91 Å². The highest BCUT2D eigenvalue weighted by molar-refractivity contribution is 6.39. The molecule has 0 radical (unpaired) electrons. The molecule has 0 bridgehead atoms. The first kappa shape index (κ1) is 19.2. The minimum absolute atomic E-state index is 0.146. The number of rotatable bonds is 5. The first-order chi connectivity index (χ1) is 14.0. The van der Waals surface area contributed by atoms with Gasteiger partial charge in [-0.1, -0.05) is 0 Å². The van der Waals surface area contributed by atoms with E-state index in [4.69, 9.17) is 4.42 Å². The molecule has 1 aromatic carbocycles. The maximum absolute atomic E-state index is 12.2. The van der Waals surface area contributed by atoms with Crippen molar-refractivity contribution in [2.45, 2.75) is 38.2 Å². The second-order valence-electron chi connectivity index (χ2n) is 7.36. The molecule has 0 saturated carbocycles. The van der Waals surface area contributed by atoms with Crippen molar-refractivity contribution in [1.82, 2.24) is 5.32 Å². The first-order valence-corrected chi connectivity index (χ1v) is 9.78. The standard InChI is InChI=1S/C21H23N3O5/c25-17(15-6-9-29-12-15)5-7-22-20(27)21(28)23-16-10-13-2-1-8-24-18(26)4-3-14(11-16)19(13)24/h6,9-12,17,25H,1-5,7-8H2,(H,22,27)(H,23,28)/t17-/m0/s1. The molecule has 0 spiro atoms. The highest BCUT2D eigenvalue weighted by Gasteiger charge is 2.30. The molecule has 3 amide bonds. The maximum atomic E-state index is 12.2. The second kappa shape index (κ2) is 8.08. The fraction of sp³-hybridized carbons (Fsp3) is 0.381. The zero-order chi connectivity index (χ0) is 20.4. The molecule has 2 aromatic rings. The van der Waals surface area contributed by atoms with E-state index in [-0.39, 0.29) is 18.9 Å². The van der Waals surface area contributed by atoms with Crippen LogP contribution in [0.2, 0.25) is 0 Å². The number of amides is 3. The van der Waals surface area contributed by atoms with Crippen molar-refractivity contribution >= 4 is 29.1 Å². The molecule has 0 aliphatic carbocycles. The minimum atomic E-state index is -0.767. The largest absolute Gasteiger partial charge is 0.472 e. The molecule has 3 heterocycles. The smallest absolute Gasteiger partial charge is 0.313 e. The second-order valence-corrected chi connectivity index (χ2v) is 7.36. The fourth-order valence-electron chi connectivity index (χ4n) is 3.95. The Morgan fingerprint density at radius 2 is 1.97 bits per heavy atom. The number of anilines is 2. The van der Waals surface area contributed by atoms with Gasteiger partial charge in [-0.3, -0.25) is 14.4 Å². The van der Waals surface area contributed by atoms with Crippen LogP contribution < -0.4 is 15.5 Å². The van der Waals surface area contributed by atoms with Gasteiger partial charge in [0.1, 0.15) is 0 Å². The average molecular weight is 397 g/mol. The summed E-state index contributed by atoms with van der Waals surface area (Å²) >= 11 is 0. The molecule has 0 fully saturated rings. The Morgan fingerprint density at radius 3 is 2.72 bits per heavy atom. The summed E-state index contributed by atoms with van der Waals surface area (Å²) in [6.45, 7) is 0.892. The van der Waals surface area contributed by atoms with Crippen molar-refractivity contribution in [3.05, 3.63) is 47.4 Å². The molecule has 29 heavy (non-hydrogen) atoms. The Hall–Kier alpha value is -3.13. The summed E-state index contributed by atoms with van der Waals surface area (Å²) in [5.41, 5.74) is 4.22. The third kappa shape index (κ3) is 4.02. The number of aryl methyl sites for hydroxylation is 2. The number of benzene rings is 1. The molecule has 0 saturated heterocycles. The van der Waals surface area contributed by atoms with E-state index in [1.807, 2.05) is 17.0 Å².